The minimum atomic E-state index is -0.986. The Labute approximate surface area is 115 Å². The second-order valence-corrected chi connectivity index (χ2v) is 4.93. The molecule has 0 aliphatic rings. The molecule has 1 amide bonds. The molecule has 1 atom stereocenters. The zero-order valence-electron chi connectivity index (χ0n) is 12.3. The first-order chi connectivity index (χ1) is 8.86. The summed E-state index contributed by atoms with van der Waals surface area (Å²) in [5.41, 5.74) is -0.986. The molecule has 1 N–H and O–H groups in total. The fourth-order valence-electron chi connectivity index (χ4n) is 2.06. The molecule has 0 rings (SSSR count). The van der Waals surface area contributed by atoms with Gasteiger partial charge in [-0.15, -0.1) is 0 Å². The van der Waals surface area contributed by atoms with Gasteiger partial charge in [-0.2, -0.15) is 5.26 Å². The number of rotatable bonds is 8. The average Bonchev–Trinajstić information content (AvgIpc) is 2.41. The molecule has 0 saturated heterocycles. The molecule has 0 aromatic rings. The van der Waals surface area contributed by atoms with Crippen molar-refractivity contribution in [2.45, 2.75) is 47.0 Å². The van der Waals surface area contributed by atoms with Crippen LogP contribution < -0.4 is 0 Å². The lowest BCUT2D eigenvalue weighted by Gasteiger charge is -2.30. The maximum Gasteiger partial charge on any atom is 0.310 e. The van der Waals surface area contributed by atoms with Crippen molar-refractivity contribution in [1.29, 1.82) is 5.26 Å². The Kier molecular flexibility index (Phi) is 7.13. The molecule has 1 unspecified atom stereocenters. The summed E-state index contributed by atoms with van der Waals surface area (Å²) < 4.78 is 0. The Morgan fingerprint density at radius 3 is 2.16 bits per heavy atom. The SMILES string of the molecule is CCN(CC(C)C#N)C(=O)CC(CC)(CC)C(=O)O. The molecule has 108 valence electrons. The Hall–Kier alpha value is -1.57. The standard InChI is InChI=1S/C14H24N2O3/c1-5-14(6-2,13(18)19)8-12(17)16(7-3)10-11(4)9-15/h11H,5-8,10H2,1-4H3,(H,18,19). The number of carbonyl (C=O) groups excluding carboxylic acids is 1. The van der Waals surface area contributed by atoms with Crippen LogP contribution in [0.15, 0.2) is 0 Å². The summed E-state index contributed by atoms with van der Waals surface area (Å²) in [5.74, 6) is -1.35. The van der Waals surface area contributed by atoms with E-state index in [1.165, 1.54) is 0 Å². The number of carbonyl (C=O) groups is 2. The Bertz CT molecular complexity index is 356. The molecule has 19 heavy (non-hydrogen) atoms. The van der Waals surface area contributed by atoms with Gasteiger partial charge in [0.05, 0.1) is 17.4 Å². The van der Waals surface area contributed by atoms with E-state index in [9.17, 15) is 14.7 Å². The number of amides is 1. The van der Waals surface area contributed by atoms with E-state index in [0.717, 1.165) is 0 Å². The van der Waals surface area contributed by atoms with Gasteiger partial charge in [0, 0.05) is 19.5 Å². The third kappa shape index (κ3) is 4.55. The lowest BCUT2D eigenvalue weighted by molar-refractivity contribution is -0.154. The Balaban J connectivity index is 4.89. The molecule has 0 aromatic carbocycles. The first-order valence-electron chi connectivity index (χ1n) is 6.77. The van der Waals surface area contributed by atoms with Crippen LogP contribution >= 0.6 is 0 Å². The van der Waals surface area contributed by atoms with Gasteiger partial charge in [-0.1, -0.05) is 13.8 Å². The maximum atomic E-state index is 12.2. The van der Waals surface area contributed by atoms with Crippen molar-refractivity contribution in [3.8, 4) is 6.07 Å². The predicted molar refractivity (Wildman–Crippen MR) is 72.3 cm³/mol. The van der Waals surface area contributed by atoms with Crippen LogP contribution in [0.5, 0.6) is 0 Å². The molecule has 5 heteroatoms. The second kappa shape index (κ2) is 7.78. The molecular weight excluding hydrogens is 244 g/mol. The molecular formula is C14H24N2O3. The van der Waals surface area contributed by atoms with Crippen molar-refractivity contribution in [2.75, 3.05) is 13.1 Å². The van der Waals surface area contributed by atoms with Gasteiger partial charge in [-0.25, -0.2) is 0 Å². The van der Waals surface area contributed by atoms with Crippen molar-refractivity contribution in [1.82, 2.24) is 4.90 Å². The van der Waals surface area contributed by atoms with Gasteiger partial charge in [0.1, 0.15) is 0 Å². The zero-order chi connectivity index (χ0) is 15.1. The van der Waals surface area contributed by atoms with E-state index >= 15 is 0 Å². The van der Waals surface area contributed by atoms with Crippen LogP contribution in [0.1, 0.15) is 47.0 Å². The van der Waals surface area contributed by atoms with Gasteiger partial charge in [0.25, 0.3) is 0 Å². The molecule has 0 radical (unpaired) electrons. The summed E-state index contributed by atoms with van der Waals surface area (Å²) in [6.07, 6.45) is 0.854. The highest BCUT2D eigenvalue weighted by Gasteiger charge is 2.38. The molecule has 5 nitrogen and oxygen atoms in total. The van der Waals surface area contributed by atoms with Crippen LogP contribution in [0.3, 0.4) is 0 Å². The topological polar surface area (TPSA) is 81.4 Å². The largest absolute Gasteiger partial charge is 0.481 e. The zero-order valence-corrected chi connectivity index (χ0v) is 12.3. The average molecular weight is 268 g/mol. The number of hydrogen-bond acceptors (Lipinski definition) is 3. The summed E-state index contributed by atoms with van der Waals surface area (Å²) in [6.45, 7) is 8.02. The third-order valence-corrected chi connectivity index (χ3v) is 3.75. The number of nitriles is 1. The Morgan fingerprint density at radius 2 is 1.84 bits per heavy atom. The quantitative estimate of drug-likeness (QED) is 0.732. The van der Waals surface area contributed by atoms with Crippen molar-refractivity contribution >= 4 is 11.9 Å². The molecule has 0 aromatic heterocycles. The highest BCUT2D eigenvalue weighted by molar-refractivity contribution is 5.85. The van der Waals surface area contributed by atoms with E-state index in [4.69, 9.17) is 5.26 Å². The van der Waals surface area contributed by atoms with Gasteiger partial charge in [-0.3, -0.25) is 9.59 Å². The molecule has 0 bridgehead atoms. The van der Waals surface area contributed by atoms with Crippen molar-refractivity contribution < 1.29 is 14.7 Å². The van der Waals surface area contributed by atoms with Gasteiger partial charge >= 0.3 is 5.97 Å². The van der Waals surface area contributed by atoms with E-state index in [1.807, 2.05) is 6.92 Å². The molecule has 0 heterocycles. The Morgan fingerprint density at radius 1 is 1.32 bits per heavy atom. The monoisotopic (exact) mass is 268 g/mol. The smallest absolute Gasteiger partial charge is 0.310 e. The molecule has 0 aliphatic heterocycles. The van der Waals surface area contributed by atoms with E-state index in [2.05, 4.69) is 6.07 Å². The highest BCUT2D eigenvalue weighted by Crippen LogP contribution is 2.31. The molecule has 0 spiro atoms. The van der Waals surface area contributed by atoms with Gasteiger partial charge in [0.15, 0.2) is 0 Å². The van der Waals surface area contributed by atoms with E-state index in [-0.39, 0.29) is 18.2 Å². The first-order valence-corrected chi connectivity index (χ1v) is 6.77. The number of carboxylic acids is 1. The fourth-order valence-corrected chi connectivity index (χ4v) is 2.06. The van der Waals surface area contributed by atoms with Gasteiger partial charge in [-0.05, 0) is 26.7 Å². The minimum Gasteiger partial charge on any atom is -0.481 e. The van der Waals surface area contributed by atoms with Crippen LogP contribution in [0.2, 0.25) is 0 Å². The van der Waals surface area contributed by atoms with E-state index in [1.54, 1.807) is 25.7 Å². The van der Waals surface area contributed by atoms with Crippen LogP contribution in [-0.4, -0.2) is 35.0 Å². The summed E-state index contributed by atoms with van der Waals surface area (Å²) in [7, 11) is 0. The first kappa shape index (κ1) is 17.4. The fraction of sp³-hybridized carbons (Fsp3) is 0.786. The van der Waals surface area contributed by atoms with Crippen LogP contribution in [-0.2, 0) is 9.59 Å². The third-order valence-electron chi connectivity index (χ3n) is 3.75. The lowest BCUT2D eigenvalue weighted by Crippen LogP contribution is -2.40. The van der Waals surface area contributed by atoms with Crippen LogP contribution in [0.25, 0.3) is 0 Å². The molecule has 0 aliphatic carbocycles. The van der Waals surface area contributed by atoms with Crippen molar-refractivity contribution in [2.24, 2.45) is 11.3 Å². The minimum absolute atomic E-state index is 0.00131. The van der Waals surface area contributed by atoms with Crippen molar-refractivity contribution in [3.05, 3.63) is 0 Å². The highest BCUT2D eigenvalue weighted by atomic mass is 16.4. The summed E-state index contributed by atoms with van der Waals surface area (Å²) in [6, 6.07) is 2.09. The number of nitrogens with zero attached hydrogens (tertiary/aromatic N) is 2. The van der Waals surface area contributed by atoms with Crippen LogP contribution in [0.4, 0.5) is 0 Å². The number of carboxylic acid groups (broad SMARTS) is 1. The predicted octanol–water partition coefficient (Wildman–Crippen LogP) is 2.28. The molecule has 0 fully saturated rings. The van der Waals surface area contributed by atoms with E-state index < -0.39 is 11.4 Å². The molecule has 0 saturated carbocycles. The number of aliphatic carboxylic acids is 1. The van der Waals surface area contributed by atoms with Crippen molar-refractivity contribution in [3.63, 3.8) is 0 Å². The van der Waals surface area contributed by atoms with Gasteiger partial charge in [0.2, 0.25) is 5.91 Å². The van der Waals surface area contributed by atoms with Gasteiger partial charge < -0.3 is 10.0 Å². The summed E-state index contributed by atoms with van der Waals surface area (Å²) >= 11 is 0. The van der Waals surface area contributed by atoms with Crippen LogP contribution in [0, 0.1) is 22.7 Å². The normalized spacial score (nSPS) is 12.6. The second-order valence-electron chi connectivity index (χ2n) is 4.93. The lowest BCUT2D eigenvalue weighted by atomic mass is 9.79. The summed E-state index contributed by atoms with van der Waals surface area (Å²) in [4.78, 5) is 25.2. The number of hydrogen-bond donors (Lipinski definition) is 1. The maximum absolute atomic E-state index is 12.2. The summed E-state index contributed by atoms with van der Waals surface area (Å²) in [5, 5.41) is 18.1. The van der Waals surface area contributed by atoms with E-state index in [0.29, 0.717) is 25.9 Å².